The van der Waals surface area contributed by atoms with Crippen molar-refractivity contribution in [3.05, 3.63) is 35.9 Å². The van der Waals surface area contributed by atoms with Crippen LogP contribution in [-0.4, -0.2) is 38.3 Å². The molecule has 1 aromatic carbocycles. The molecule has 2 aliphatic heterocycles. The first-order valence-corrected chi connectivity index (χ1v) is 7.48. The molecule has 3 rings (SSSR count). The van der Waals surface area contributed by atoms with Crippen molar-refractivity contribution in [2.75, 3.05) is 26.3 Å². The Balaban J connectivity index is 1.67. The fourth-order valence-electron chi connectivity index (χ4n) is 3.15. The van der Waals surface area contributed by atoms with Gasteiger partial charge in [-0.15, -0.1) is 0 Å². The zero-order valence-electron chi connectivity index (χ0n) is 11.7. The van der Waals surface area contributed by atoms with Crippen LogP contribution in [-0.2, 0) is 9.53 Å². The molecule has 1 amide bonds. The quantitative estimate of drug-likeness (QED) is 0.873. The van der Waals surface area contributed by atoms with Gasteiger partial charge in [0.15, 0.2) is 0 Å². The standard InChI is InChI=1S/C16H22N2O2/c19-16(13-7-9-20-11-13)18-15-10-17-8-6-14(15)12-4-2-1-3-5-12/h1-5,13-15,17H,6-11H2,(H,18,19). The van der Waals surface area contributed by atoms with E-state index in [4.69, 9.17) is 4.74 Å². The summed E-state index contributed by atoms with van der Waals surface area (Å²) in [6.45, 7) is 3.14. The van der Waals surface area contributed by atoms with Gasteiger partial charge < -0.3 is 15.4 Å². The molecular formula is C16H22N2O2. The molecular weight excluding hydrogens is 252 g/mol. The third-order valence-electron chi connectivity index (χ3n) is 4.34. The fourth-order valence-corrected chi connectivity index (χ4v) is 3.15. The third-order valence-corrected chi connectivity index (χ3v) is 4.34. The van der Waals surface area contributed by atoms with Gasteiger partial charge in [0.05, 0.1) is 12.5 Å². The van der Waals surface area contributed by atoms with Crippen LogP contribution in [0.3, 0.4) is 0 Å². The van der Waals surface area contributed by atoms with Gasteiger partial charge in [-0.1, -0.05) is 30.3 Å². The molecule has 108 valence electrons. The van der Waals surface area contributed by atoms with Gasteiger partial charge >= 0.3 is 0 Å². The minimum absolute atomic E-state index is 0.0355. The Morgan fingerprint density at radius 1 is 1.25 bits per heavy atom. The summed E-state index contributed by atoms with van der Waals surface area (Å²) in [5.74, 6) is 0.592. The lowest BCUT2D eigenvalue weighted by Crippen LogP contribution is -2.51. The van der Waals surface area contributed by atoms with Crippen molar-refractivity contribution >= 4 is 5.91 Å². The number of nitrogens with one attached hydrogen (secondary N) is 2. The van der Waals surface area contributed by atoms with E-state index >= 15 is 0 Å². The molecule has 0 spiro atoms. The molecule has 1 aromatic rings. The summed E-state index contributed by atoms with van der Waals surface area (Å²) >= 11 is 0. The lowest BCUT2D eigenvalue weighted by Gasteiger charge is -2.33. The van der Waals surface area contributed by atoms with Gasteiger partial charge in [-0.2, -0.15) is 0 Å². The summed E-state index contributed by atoms with van der Waals surface area (Å²) < 4.78 is 5.30. The van der Waals surface area contributed by atoms with Crippen LogP contribution in [0.4, 0.5) is 0 Å². The number of hydrogen-bond acceptors (Lipinski definition) is 3. The molecule has 0 aromatic heterocycles. The number of piperidine rings is 1. The predicted octanol–water partition coefficient (Wildman–Crippen LogP) is 1.28. The van der Waals surface area contributed by atoms with Crippen LogP contribution >= 0.6 is 0 Å². The first-order valence-electron chi connectivity index (χ1n) is 7.48. The fraction of sp³-hybridized carbons (Fsp3) is 0.562. The summed E-state index contributed by atoms with van der Waals surface area (Å²) in [4.78, 5) is 12.3. The number of carbonyl (C=O) groups excluding carboxylic acids is 1. The maximum atomic E-state index is 12.3. The predicted molar refractivity (Wildman–Crippen MR) is 77.5 cm³/mol. The monoisotopic (exact) mass is 274 g/mol. The Morgan fingerprint density at radius 2 is 2.10 bits per heavy atom. The second kappa shape index (κ2) is 6.37. The molecule has 4 heteroatoms. The molecule has 0 radical (unpaired) electrons. The molecule has 2 saturated heterocycles. The molecule has 2 aliphatic rings. The molecule has 2 heterocycles. The van der Waals surface area contributed by atoms with Gasteiger partial charge in [0.2, 0.25) is 5.91 Å². The number of rotatable bonds is 3. The van der Waals surface area contributed by atoms with Gasteiger partial charge in [0.25, 0.3) is 0 Å². The van der Waals surface area contributed by atoms with E-state index in [0.717, 1.165) is 25.9 Å². The zero-order valence-corrected chi connectivity index (χ0v) is 11.7. The van der Waals surface area contributed by atoms with Crippen molar-refractivity contribution in [1.82, 2.24) is 10.6 Å². The van der Waals surface area contributed by atoms with E-state index in [-0.39, 0.29) is 17.9 Å². The van der Waals surface area contributed by atoms with Crippen LogP contribution in [0.5, 0.6) is 0 Å². The van der Waals surface area contributed by atoms with Crippen LogP contribution in [0.1, 0.15) is 24.3 Å². The van der Waals surface area contributed by atoms with E-state index in [9.17, 15) is 4.79 Å². The molecule has 3 atom stereocenters. The average Bonchev–Trinajstić information content (AvgIpc) is 3.03. The maximum Gasteiger partial charge on any atom is 0.225 e. The maximum absolute atomic E-state index is 12.3. The van der Waals surface area contributed by atoms with Crippen molar-refractivity contribution in [1.29, 1.82) is 0 Å². The Labute approximate surface area is 119 Å². The third kappa shape index (κ3) is 3.02. The Hall–Kier alpha value is -1.39. The highest BCUT2D eigenvalue weighted by Gasteiger charge is 2.31. The smallest absolute Gasteiger partial charge is 0.225 e. The molecule has 0 bridgehead atoms. The number of amides is 1. The number of ether oxygens (including phenoxy) is 1. The first-order chi connectivity index (χ1) is 9.84. The van der Waals surface area contributed by atoms with Crippen molar-refractivity contribution in [3.8, 4) is 0 Å². The van der Waals surface area contributed by atoms with Crippen LogP contribution in [0.15, 0.2) is 30.3 Å². The van der Waals surface area contributed by atoms with E-state index in [2.05, 4.69) is 34.9 Å². The lowest BCUT2D eigenvalue weighted by molar-refractivity contribution is -0.125. The Morgan fingerprint density at radius 3 is 2.85 bits per heavy atom. The normalized spacial score (nSPS) is 30.1. The van der Waals surface area contributed by atoms with E-state index in [1.165, 1.54) is 5.56 Å². The number of benzene rings is 1. The van der Waals surface area contributed by atoms with Crippen molar-refractivity contribution < 1.29 is 9.53 Å². The summed E-state index contributed by atoms with van der Waals surface area (Å²) in [6.07, 6.45) is 1.91. The van der Waals surface area contributed by atoms with Crippen LogP contribution in [0, 0.1) is 5.92 Å². The van der Waals surface area contributed by atoms with Gasteiger partial charge in [-0.3, -0.25) is 4.79 Å². The topological polar surface area (TPSA) is 50.4 Å². The second-order valence-electron chi connectivity index (χ2n) is 5.69. The number of hydrogen-bond donors (Lipinski definition) is 2. The second-order valence-corrected chi connectivity index (χ2v) is 5.69. The van der Waals surface area contributed by atoms with Crippen LogP contribution in [0.2, 0.25) is 0 Å². The lowest BCUT2D eigenvalue weighted by atomic mass is 9.85. The molecule has 0 aliphatic carbocycles. The Kier molecular flexibility index (Phi) is 4.33. The largest absolute Gasteiger partial charge is 0.381 e. The number of carbonyl (C=O) groups is 1. The highest BCUT2D eigenvalue weighted by molar-refractivity contribution is 5.79. The van der Waals surface area contributed by atoms with E-state index in [1.807, 2.05) is 6.07 Å². The van der Waals surface area contributed by atoms with Crippen molar-refractivity contribution in [2.45, 2.75) is 24.8 Å². The average molecular weight is 274 g/mol. The zero-order chi connectivity index (χ0) is 13.8. The minimum atomic E-state index is 0.0355. The highest BCUT2D eigenvalue weighted by Crippen LogP contribution is 2.26. The van der Waals surface area contributed by atoms with Crippen molar-refractivity contribution in [2.24, 2.45) is 5.92 Å². The summed E-state index contributed by atoms with van der Waals surface area (Å²) in [5.41, 5.74) is 1.32. The first kappa shape index (κ1) is 13.6. The SMILES string of the molecule is O=C(NC1CNCCC1c1ccccc1)C1CCOC1. The van der Waals surface area contributed by atoms with Crippen LogP contribution in [0.25, 0.3) is 0 Å². The minimum Gasteiger partial charge on any atom is -0.381 e. The molecule has 2 N–H and O–H groups in total. The molecule has 4 nitrogen and oxygen atoms in total. The molecule has 20 heavy (non-hydrogen) atoms. The molecule has 3 unspecified atom stereocenters. The van der Waals surface area contributed by atoms with Gasteiger partial charge in [-0.05, 0) is 24.9 Å². The van der Waals surface area contributed by atoms with E-state index < -0.39 is 0 Å². The van der Waals surface area contributed by atoms with E-state index in [1.54, 1.807) is 0 Å². The highest BCUT2D eigenvalue weighted by atomic mass is 16.5. The molecule has 2 fully saturated rings. The van der Waals surface area contributed by atoms with Gasteiger partial charge in [0.1, 0.15) is 0 Å². The molecule has 0 saturated carbocycles. The van der Waals surface area contributed by atoms with Gasteiger partial charge in [-0.25, -0.2) is 0 Å². The summed E-state index contributed by atoms with van der Waals surface area (Å²) in [7, 11) is 0. The van der Waals surface area contributed by atoms with Crippen LogP contribution < -0.4 is 10.6 Å². The van der Waals surface area contributed by atoms with Gasteiger partial charge in [0, 0.05) is 25.1 Å². The van der Waals surface area contributed by atoms with E-state index in [0.29, 0.717) is 19.1 Å². The Bertz CT molecular complexity index is 443. The summed E-state index contributed by atoms with van der Waals surface area (Å²) in [6, 6.07) is 10.7. The van der Waals surface area contributed by atoms with Crippen molar-refractivity contribution in [3.63, 3.8) is 0 Å². The summed E-state index contributed by atoms with van der Waals surface area (Å²) in [5, 5.41) is 6.61.